The highest BCUT2D eigenvalue weighted by molar-refractivity contribution is 7.47. The minimum Gasteiger partial charge on any atom is -0.462 e. The van der Waals surface area contributed by atoms with Gasteiger partial charge in [0.1, 0.15) is 12.7 Å². The Balaban J connectivity index is 4.77. The molecule has 0 spiro atoms. The molecule has 0 heterocycles. The van der Waals surface area contributed by atoms with E-state index in [1.807, 2.05) is 0 Å². The van der Waals surface area contributed by atoms with Crippen LogP contribution in [0.4, 0.5) is 0 Å². The van der Waals surface area contributed by atoms with E-state index in [0.717, 1.165) is 109 Å². The van der Waals surface area contributed by atoms with Crippen LogP contribution in [0.5, 0.6) is 0 Å². The third kappa shape index (κ3) is 50.1. The number of rotatable bonds is 52. The summed E-state index contributed by atoms with van der Waals surface area (Å²) in [6.45, 7) is 4.49. The number of aliphatic hydroxyl groups is 1. The molecule has 0 aromatic carbocycles. The number of esters is 3. The Kier molecular flexibility index (Phi) is 50.4. The van der Waals surface area contributed by atoms with Crippen molar-refractivity contribution in [1.82, 2.24) is 0 Å². The van der Waals surface area contributed by atoms with E-state index in [-0.39, 0.29) is 25.9 Å². The summed E-state index contributed by atoms with van der Waals surface area (Å²) in [4.78, 5) is 48.4. The van der Waals surface area contributed by atoms with Crippen LogP contribution >= 0.6 is 7.82 Å². The largest absolute Gasteiger partial charge is 0.472 e. The van der Waals surface area contributed by atoms with E-state index in [4.69, 9.17) is 23.3 Å². The van der Waals surface area contributed by atoms with Crippen LogP contribution in [-0.2, 0) is 42.2 Å². The zero-order valence-electron chi connectivity index (χ0n) is 44.7. The van der Waals surface area contributed by atoms with Gasteiger partial charge in [0, 0.05) is 19.3 Å². The number of carbonyl (C=O) groups is 3. The predicted octanol–water partition coefficient (Wildman–Crippen LogP) is 16.4. The van der Waals surface area contributed by atoms with Crippen molar-refractivity contribution in [1.29, 1.82) is 0 Å². The number of aliphatic hydroxyl groups excluding tert-OH is 1. The van der Waals surface area contributed by atoms with Gasteiger partial charge in [0.15, 0.2) is 6.10 Å². The first kappa shape index (κ1) is 67.2. The minimum atomic E-state index is -4.75. The molecule has 0 bridgehead atoms. The summed E-state index contributed by atoms with van der Waals surface area (Å²) in [5, 5.41) is 9.79. The number of allylic oxidation sites excluding steroid dienone is 10. The van der Waals surface area contributed by atoms with Crippen LogP contribution in [0.1, 0.15) is 252 Å². The van der Waals surface area contributed by atoms with Crippen LogP contribution in [0.2, 0.25) is 0 Å². The van der Waals surface area contributed by atoms with Gasteiger partial charge in [-0.2, -0.15) is 0 Å². The summed E-state index contributed by atoms with van der Waals surface area (Å²) in [6.07, 6.45) is 56.0. The zero-order chi connectivity index (χ0) is 51.3. The van der Waals surface area contributed by atoms with Crippen molar-refractivity contribution >= 4 is 25.7 Å². The van der Waals surface area contributed by atoms with E-state index >= 15 is 0 Å². The van der Waals surface area contributed by atoms with Crippen molar-refractivity contribution in [3.05, 3.63) is 60.8 Å². The van der Waals surface area contributed by atoms with E-state index in [0.29, 0.717) is 19.3 Å². The van der Waals surface area contributed by atoms with Crippen LogP contribution in [0.15, 0.2) is 60.8 Å². The lowest BCUT2D eigenvalue weighted by Gasteiger charge is -2.21. The van der Waals surface area contributed by atoms with E-state index in [1.165, 1.54) is 83.5 Å². The summed E-state index contributed by atoms with van der Waals surface area (Å²) in [6, 6.07) is 0. The summed E-state index contributed by atoms with van der Waals surface area (Å²) in [5.74, 6) is -1.49. The molecule has 406 valence electrons. The Morgan fingerprint density at radius 1 is 0.414 bits per heavy atom. The molecule has 0 saturated heterocycles. The van der Waals surface area contributed by atoms with Crippen molar-refractivity contribution in [2.45, 2.75) is 264 Å². The van der Waals surface area contributed by atoms with E-state index < -0.39 is 57.8 Å². The molecule has 0 aliphatic carbocycles. The molecule has 0 aromatic rings. The van der Waals surface area contributed by atoms with Gasteiger partial charge in [-0.3, -0.25) is 23.4 Å². The average molecular weight is 1010 g/mol. The summed E-state index contributed by atoms with van der Waals surface area (Å²) in [7, 11) is -4.75. The number of ether oxygens (including phenoxy) is 3. The standard InChI is InChI=1S/C58H103O11P/c1-4-7-10-13-16-19-22-25-26-27-28-31-34-37-40-43-46-49-58(62)69-55(51-65-56(60)47-44-41-38-35-32-29-23-20-17-14-11-8-5-2)53-67-70(63,64)66-52-54(50-59)68-57(61)48-45-42-39-36-33-30-24-21-18-15-12-9-6-3/h7,10,16,19,21,24-26,28,31,54-55,59H,4-6,8-9,11-15,17-18,20,22-23,27,29-30,32-53H2,1-3H3,(H,63,64)/b10-7-,19-16-,24-21-,26-25-,31-28-. The average Bonchev–Trinajstić information content (AvgIpc) is 3.35. The van der Waals surface area contributed by atoms with Gasteiger partial charge in [0.2, 0.25) is 0 Å². The molecule has 0 radical (unpaired) electrons. The lowest BCUT2D eigenvalue weighted by atomic mass is 10.0. The van der Waals surface area contributed by atoms with E-state index in [2.05, 4.69) is 81.5 Å². The Morgan fingerprint density at radius 2 is 0.743 bits per heavy atom. The van der Waals surface area contributed by atoms with E-state index in [9.17, 15) is 28.9 Å². The summed E-state index contributed by atoms with van der Waals surface area (Å²) in [5.41, 5.74) is 0. The van der Waals surface area contributed by atoms with Crippen LogP contribution < -0.4 is 0 Å². The predicted molar refractivity (Wildman–Crippen MR) is 288 cm³/mol. The molecule has 12 heteroatoms. The Hall–Kier alpha value is -2.82. The van der Waals surface area contributed by atoms with Gasteiger partial charge >= 0.3 is 25.7 Å². The van der Waals surface area contributed by atoms with Crippen molar-refractivity contribution in [2.24, 2.45) is 0 Å². The van der Waals surface area contributed by atoms with Crippen LogP contribution in [0.3, 0.4) is 0 Å². The zero-order valence-corrected chi connectivity index (χ0v) is 45.6. The Bertz CT molecular complexity index is 1410. The molecule has 0 fully saturated rings. The number of carbonyl (C=O) groups excluding carboxylic acids is 3. The molecule has 0 saturated carbocycles. The lowest BCUT2D eigenvalue weighted by molar-refractivity contribution is -0.161. The molecule has 3 atom stereocenters. The maximum atomic E-state index is 12.9. The van der Waals surface area contributed by atoms with Gasteiger partial charge in [0.25, 0.3) is 0 Å². The highest BCUT2D eigenvalue weighted by Crippen LogP contribution is 2.43. The third-order valence-electron chi connectivity index (χ3n) is 11.9. The highest BCUT2D eigenvalue weighted by Gasteiger charge is 2.28. The fourth-order valence-corrected chi connectivity index (χ4v) is 8.42. The molecule has 0 aliphatic heterocycles. The van der Waals surface area contributed by atoms with E-state index in [1.54, 1.807) is 0 Å². The van der Waals surface area contributed by atoms with Crippen molar-refractivity contribution in [3.63, 3.8) is 0 Å². The van der Waals surface area contributed by atoms with Gasteiger partial charge in [0.05, 0.1) is 19.8 Å². The van der Waals surface area contributed by atoms with Crippen LogP contribution in [0, 0.1) is 0 Å². The second-order valence-corrected chi connectivity index (χ2v) is 20.2. The molecular weight excluding hydrogens is 904 g/mol. The fourth-order valence-electron chi connectivity index (χ4n) is 7.64. The summed E-state index contributed by atoms with van der Waals surface area (Å²) >= 11 is 0. The lowest BCUT2D eigenvalue weighted by Crippen LogP contribution is -2.30. The van der Waals surface area contributed by atoms with Gasteiger partial charge in [-0.05, 0) is 83.5 Å². The number of phosphoric acid groups is 1. The van der Waals surface area contributed by atoms with Crippen LogP contribution in [-0.4, -0.2) is 66.5 Å². The number of hydrogen-bond donors (Lipinski definition) is 2. The SMILES string of the molecule is CC/C=C\C/C=C\C/C=C\C/C=C\CCCCCCC(=O)OC(COC(=O)CCCCCCCCCCCCCCC)COP(=O)(O)OCC(CO)OC(=O)CCCCCCC/C=C\CCCCCC. The second-order valence-electron chi connectivity index (χ2n) is 18.7. The fraction of sp³-hybridized carbons (Fsp3) is 0.776. The smallest absolute Gasteiger partial charge is 0.462 e. The molecule has 0 amide bonds. The van der Waals surface area contributed by atoms with Gasteiger partial charge < -0.3 is 24.2 Å². The second kappa shape index (κ2) is 52.5. The maximum Gasteiger partial charge on any atom is 0.472 e. The van der Waals surface area contributed by atoms with Crippen molar-refractivity contribution in [2.75, 3.05) is 26.4 Å². The van der Waals surface area contributed by atoms with Gasteiger partial charge in [-0.15, -0.1) is 0 Å². The number of unbranched alkanes of at least 4 members (excludes halogenated alkanes) is 25. The topological polar surface area (TPSA) is 155 Å². The van der Waals surface area contributed by atoms with Crippen LogP contribution in [0.25, 0.3) is 0 Å². The van der Waals surface area contributed by atoms with Crippen molar-refractivity contribution < 1.29 is 52.2 Å². The first-order valence-corrected chi connectivity index (χ1v) is 29.7. The molecule has 2 N–H and O–H groups in total. The molecule has 3 unspecified atom stereocenters. The Labute approximate surface area is 427 Å². The molecule has 11 nitrogen and oxygen atoms in total. The summed E-state index contributed by atoms with van der Waals surface area (Å²) < 4.78 is 39.4. The van der Waals surface area contributed by atoms with Gasteiger partial charge in [-0.1, -0.05) is 210 Å². The molecule has 70 heavy (non-hydrogen) atoms. The molecular formula is C58H103O11P. The van der Waals surface area contributed by atoms with Gasteiger partial charge in [-0.25, -0.2) is 4.57 Å². The number of hydrogen-bond acceptors (Lipinski definition) is 10. The highest BCUT2D eigenvalue weighted by atomic mass is 31.2. The third-order valence-corrected chi connectivity index (χ3v) is 12.9. The monoisotopic (exact) mass is 1010 g/mol. The molecule has 0 aliphatic rings. The first-order chi connectivity index (χ1) is 34.2. The minimum absolute atomic E-state index is 0.140. The number of phosphoric ester groups is 1. The maximum absolute atomic E-state index is 12.9. The van der Waals surface area contributed by atoms with Crippen molar-refractivity contribution in [3.8, 4) is 0 Å². The normalized spacial score (nSPS) is 13.8. The quantitative estimate of drug-likeness (QED) is 0.0197. The Morgan fingerprint density at radius 3 is 1.17 bits per heavy atom. The molecule has 0 rings (SSSR count). The first-order valence-electron chi connectivity index (χ1n) is 28.2. The molecule has 0 aromatic heterocycles.